The third-order valence-corrected chi connectivity index (χ3v) is 2.95. The molecule has 0 aliphatic heterocycles. The highest BCUT2D eigenvalue weighted by Gasteiger charge is 2.08. The van der Waals surface area contributed by atoms with Gasteiger partial charge in [0, 0.05) is 25.3 Å². The summed E-state index contributed by atoms with van der Waals surface area (Å²) < 4.78 is 0. The highest BCUT2D eigenvalue weighted by atomic mass is 16.3. The minimum absolute atomic E-state index is 0.196. The van der Waals surface area contributed by atoms with E-state index in [2.05, 4.69) is 55.3 Å². The normalized spacial score (nSPS) is 10.9. The Morgan fingerprint density at radius 3 is 2.61 bits per heavy atom. The monoisotopic (exact) mass is 250 g/mol. The maximum absolute atomic E-state index is 9.11. The van der Waals surface area contributed by atoms with Crippen molar-refractivity contribution in [2.24, 2.45) is 5.92 Å². The molecule has 1 aromatic rings. The van der Waals surface area contributed by atoms with Crippen LogP contribution in [0.1, 0.15) is 26.3 Å². The van der Waals surface area contributed by atoms with Gasteiger partial charge in [-0.3, -0.25) is 0 Å². The van der Waals surface area contributed by atoms with E-state index in [4.69, 9.17) is 5.11 Å². The van der Waals surface area contributed by atoms with Gasteiger partial charge < -0.3 is 15.3 Å². The number of benzene rings is 1. The molecule has 1 rings (SSSR count). The van der Waals surface area contributed by atoms with Gasteiger partial charge in [0.1, 0.15) is 0 Å². The van der Waals surface area contributed by atoms with Crippen LogP contribution in [0.15, 0.2) is 24.3 Å². The number of anilines is 1. The number of para-hydroxylation sites is 1. The van der Waals surface area contributed by atoms with Crippen LogP contribution in [-0.4, -0.2) is 31.3 Å². The molecule has 3 heteroatoms. The largest absolute Gasteiger partial charge is 0.395 e. The van der Waals surface area contributed by atoms with Crippen molar-refractivity contribution in [3.63, 3.8) is 0 Å². The highest BCUT2D eigenvalue weighted by Crippen LogP contribution is 2.19. The molecule has 0 radical (unpaired) electrons. The average molecular weight is 250 g/mol. The number of rotatable bonds is 8. The van der Waals surface area contributed by atoms with Gasteiger partial charge in [-0.05, 0) is 31.0 Å². The molecule has 0 spiro atoms. The van der Waals surface area contributed by atoms with Crippen molar-refractivity contribution in [3.05, 3.63) is 29.8 Å². The fraction of sp³-hybridized carbons (Fsp3) is 0.600. The molecule has 0 bridgehead atoms. The molecule has 0 atom stereocenters. The number of hydrogen-bond donors (Lipinski definition) is 2. The van der Waals surface area contributed by atoms with Gasteiger partial charge in [-0.2, -0.15) is 0 Å². The van der Waals surface area contributed by atoms with Gasteiger partial charge in [-0.25, -0.2) is 0 Å². The van der Waals surface area contributed by atoms with Gasteiger partial charge in [0.25, 0.3) is 0 Å². The van der Waals surface area contributed by atoms with Crippen molar-refractivity contribution >= 4 is 5.69 Å². The Balaban J connectivity index is 2.71. The second kappa shape index (κ2) is 8.11. The number of aliphatic hydroxyl groups is 1. The molecule has 0 saturated heterocycles. The zero-order valence-electron chi connectivity index (χ0n) is 11.8. The molecule has 0 amide bonds. The van der Waals surface area contributed by atoms with Crippen molar-refractivity contribution < 1.29 is 5.11 Å². The minimum Gasteiger partial charge on any atom is -0.395 e. The third kappa shape index (κ3) is 4.67. The Kier molecular flexibility index (Phi) is 6.76. The molecule has 2 N–H and O–H groups in total. The number of likely N-dealkylation sites (N-methyl/N-ethyl adjacent to an activating group) is 1. The zero-order chi connectivity index (χ0) is 13.4. The average Bonchev–Trinajstić information content (AvgIpc) is 2.36. The zero-order valence-corrected chi connectivity index (χ0v) is 11.8. The number of hydrogen-bond acceptors (Lipinski definition) is 3. The lowest BCUT2D eigenvalue weighted by Gasteiger charge is -2.25. The SMILES string of the molecule is CCN(CCO)c1ccccc1CNCC(C)C. The van der Waals surface area contributed by atoms with E-state index in [1.165, 1.54) is 11.3 Å². The summed E-state index contributed by atoms with van der Waals surface area (Å²) in [6.45, 7) is 10.3. The molecule has 0 heterocycles. The number of aliphatic hydroxyl groups excluding tert-OH is 1. The molecule has 0 aliphatic rings. The summed E-state index contributed by atoms with van der Waals surface area (Å²) in [7, 11) is 0. The fourth-order valence-corrected chi connectivity index (χ4v) is 2.03. The van der Waals surface area contributed by atoms with Crippen molar-refractivity contribution in [2.45, 2.75) is 27.3 Å². The molecule has 18 heavy (non-hydrogen) atoms. The first kappa shape index (κ1) is 15.0. The van der Waals surface area contributed by atoms with Gasteiger partial charge in [-0.15, -0.1) is 0 Å². The summed E-state index contributed by atoms with van der Waals surface area (Å²) >= 11 is 0. The van der Waals surface area contributed by atoms with Crippen LogP contribution < -0.4 is 10.2 Å². The summed E-state index contributed by atoms with van der Waals surface area (Å²) in [6, 6.07) is 8.41. The van der Waals surface area contributed by atoms with Crippen LogP contribution in [0.4, 0.5) is 5.69 Å². The van der Waals surface area contributed by atoms with Crippen molar-refractivity contribution in [1.29, 1.82) is 0 Å². The lowest BCUT2D eigenvalue weighted by Crippen LogP contribution is -2.28. The first-order valence-electron chi connectivity index (χ1n) is 6.83. The number of nitrogens with zero attached hydrogens (tertiary/aromatic N) is 1. The molecule has 1 aromatic carbocycles. The first-order valence-corrected chi connectivity index (χ1v) is 6.83. The predicted octanol–water partition coefficient (Wildman–Crippen LogP) is 2.25. The minimum atomic E-state index is 0.196. The van der Waals surface area contributed by atoms with E-state index in [0.29, 0.717) is 12.5 Å². The fourth-order valence-electron chi connectivity index (χ4n) is 2.03. The van der Waals surface area contributed by atoms with Crippen LogP contribution >= 0.6 is 0 Å². The van der Waals surface area contributed by atoms with E-state index in [1.807, 2.05) is 0 Å². The van der Waals surface area contributed by atoms with Crippen LogP contribution in [0.5, 0.6) is 0 Å². The highest BCUT2D eigenvalue weighted by molar-refractivity contribution is 5.53. The second-order valence-corrected chi connectivity index (χ2v) is 4.96. The Bertz CT molecular complexity index is 339. The Morgan fingerprint density at radius 1 is 1.28 bits per heavy atom. The van der Waals surface area contributed by atoms with Gasteiger partial charge in [-0.1, -0.05) is 32.0 Å². The summed E-state index contributed by atoms with van der Waals surface area (Å²) in [6.07, 6.45) is 0. The Morgan fingerprint density at radius 2 is 2.00 bits per heavy atom. The van der Waals surface area contributed by atoms with E-state index in [0.717, 1.165) is 19.6 Å². The van der Waals surface area contributed by atoms with E-state index in [9.17, 15) is 0 Å². The van der Waals surface area contributed by atoms with Gasteiger partial charge in [0.05, 0.1) is 6.61 Å². The molecular formula is C15H26N2O. The summed E-state index contributed by atoms with van der Waals surface area (Å²) in [5.41, 5.74) is 2.53. The Hall–Kier alpha value is -1.06. The van der Waals surface area contributed by atoms with E-state index in [-0.39, 0.29) is 6.61 Å². The number of nitrogens with one attached hydrogen (secondary N) is 1. The van der Waals surface area contributed by atoms with E-state index < -0.39 is 0 Å². The van der Waals surface area contributed by atoms with E-state index >= 15 is 0 Å². The lowest BCUT2D eigenvalue weighted by atomic mass is 10.1. The van der Waals surface area contributed by atoms with Crippen LogP contribution in [0, 0.1) is 5.92 Å². The first-order chi connectivity index (χ1) is 8.69. The van der Waals surface area contributed by atoms with E-state index in [1.54, 1.807) is 0 Å². The second-order valence-electron chi connectivity index (χ2n) is 4.96. The quantitative estimate of drug-likeness (QED) is 0.743. The molecular weight excluding hydrogens is 224 g/mol. The summed E-state index contributed by atoms with van der Waals surface area (Å²) in [5, 5.41) is 12.6. The standard InChI is InChI=1S/C15H26N2O/c1-4-17(9-10-18)15-8-6-5-7-14(15)12-16-11-13(2)3/h5-8,13,16,18H,4,9-12H2,1-3H3. The summed E-state index contributed by atoms with van der Waals surface area (Å²) in [5.74, 6) is 0.664. The topological polar surface area (TPSA) is 35.5 Å². The molecule has 0 saturated carbocycles. The molecule has 0 fully saturated rings. The van der Waals surface area contributed by atoms with Crippen LogP contribution in [0.2, 0.25) is 0 Å². The molecule has 3 nitrogen and oxygen atoms in total. The predicted molar refractivity (Wildman–Crippen MR) is 78.0 cm³/mol. The van der Waals surface area contributed by atoms with Crippen LogP contribution in [0.3, 0.4) is 0 Å². The summed E-state index contributed by atoms with van der Waals surface area (Å²) in [4.78, 5) is 2.21. The smallest absolute Gasteiger partial charge is 0.0606 e. The van der Waals surface area contributed by atoms with Crippen molar-refractivity contribution in [3.8, 4) is 0 Å². The lowest BCUT2D eigenvalue weighted by molar-refractivity contribution is 0.302. The molecule has 102 valence electrons. The molecule has 0 aliphatic carbocycles. The molecule has 0 aromatic heterocycles. The van der Waals surface area contributed by atoms with Gasteiger partial charge in [0.2, 0.25) is 0 Å². The van der Waals surface area contributed by atoms with Crippen molar-refractivity contribution in [1.82, 2.24) is 5.32 Å². The maximum Gasteiger partial charge on any atom is 0.0606 e. The Labute approximate surface area is 111 Å². The van der Waals surface area contributed by atoms with Crippen LogP contribution in [0.25, 0.3) is 0 Å². The van der Waals surface area contributed by atoms with Crippen molar-refractivity contribution in [2.75, 3.05) is 31.1 Å². The maximum atomic E-state index is 9.11. The van der Waals surface area contributed by atoms with Gasteiger partial charge >= 0.3 is 0 Å². The van der Waals surface area contributed by atoms with Gasteiger partial charge in [0.15, 0.2) is 0 Å². The third-order valence-electron chi connectivity index (χ3n) is 2.95. The van der Waals surface area contributed by atoms with Crippen LogP contribution in [-0.2, 0) is 6.54 Å². The molecule has 0 unspecified atom stereocenters.